The Morgan fingerprint density at radius 1 is 1.12 bits per heavy atom. The van der Waals surface area contributed by atoms with Crippen LogP contribution < -0.4 is 0 Å². The van der Waals surface area contributed by atoms with E-state index in [1.54, 1.807) is 0 Å². The van der Waals surface area contributed by atoms with Gasteiger partial charge in [-0.3, -0.25) is 9.11 Å². The molecule has 0 heterocycles. The van der Waals surface area contributed by atoms with Gasteiger partial charge in [-0.2, -0.15) is 8.42 Å². The Labute approximate surface area is 56.1 Å². The van der Waals surface area contributed by atoms with Crippen molar-refractivity contribution in [2.45, 2.75) is 0 Å². The predicted molar refractivity (Wildman–Crippen MR) is 20.9 cm³/mol. The summed E-state index contributed by atoms with van der Waals surface area (Å²) >= 11 is 0. The maximum Gasteiger partial charge on any atom is 0.394 e. The molecule has 0 unspecified atom stereocenters. The third-order valence-corrected chi connectivity index (χ3v) is 0. The molecule has 8 heavy (non-hydrogen) atoms. The summed E-state index contributed by atoms with van der Waals surface area (Å²) in [6.45, 7) is 0. The first kappa shape index (κ1) is 15.7. The van der Waals surface area contributed by atoms with E-state index in [2.05, 4.69) is 0 Å². The first-order chi connectivity index (χ1) is 3.00. The van der Waals surface area contributed by atoms with Gasteiger partial charge in [0.2, 0.25) is 0 Å². The molecule has 0 aliphatic rings. The number of hydrogen-bond donors (Lipinski definition) is 2. The van der Waals surface area contributed by atoms with Crippen molar-refractivity contribution in [3.05, 3.63) is 10.5 Å². The zero-order chi connectivity index (χ0) is 6.50. The third-order valence-electron chi connectivity index (χ3n) is 0. The van der Waals surface area contributed by atoms with Gasteiger partial charge in [0.25, 0.3) is 0 Å². The number of hydrogen-bond acceptors (Lipinski definition) is 3. The van der Waals surface area contributed by atoms with Crippen molar-refractivity contribution in [2.24, 2.45) is 0 Å². The van der Waals surface area contributed by atoms with Gasteiger partial charge in [0.05, 0.1) is 0 Å². The molecule has 0 amide bonds. The Bertz CT molecular complexity index is 106. The molecule has 6 nitrogen and oxygen atoms in total. The average molecular weight is 184 g/mol. The van der Waals surface area contributed by atoms with Gasteiger partial charge in [-0.25, -0.2) is 0 Å². The molecular weight excluding hydrogens is 182 g/mol. The molecule has 8 heteroatoms. The van der Waals surface area contributed by atoms with Crippen LogP contribution in [-0.2, 0) is 27.5 Å². The van der Waals surface area contributed by atoms with Crippen LogP contribution in [-0.4, -0.2) is 17.5 Å². The van der Waals surface area contributed by atoms with Crippen LogP contribution >= 0.6 is 0 Å². The van der Waals surface area contributed by atoms with Gasteiger partial charge >= 0.3 is 10.4 Å². The van der Waals surface area contributed by atoms with Crippen LogP contribution in [0.1, 0.15) is 0 Å². The summed E-state index contributed by atoms with van der Waals surface area (Å²) in [5.74, 6) is 0. The molecule has 0 saturated heterocycles. The summed E-state index contributed by atoms with van der Waals surface area (Å²) in [6, 6.07) is 0. The van der Waals surface area contributed by atoms with Crippen LogP contribution in [0.3, 0.4) is 0 Å². The molecule has 0 radical (unpaired) electrons. The molecule has 0 fully saturated rings. The fourth-order valence-corrected chi connectivity index (χ4v) is 0. The largest absolute Gasteiger partial charge is 0.577 e. The molecule has 0 atom stereocenters. The monoisotopic (exact) mass is 184 g/mol. The van der Waals surface area contributed by atoms with Gasteiger partial charge in [0.1, 0.15) is 0 Å². The molecule has 0 aliphatic heterocycles. The van der Waals surface area contributed by atoms with Crippen molar-refractivity contribution in [3.8, 4) is 0 Å². The van der Waals surface area contributed by atoms with E-state index in [1.807, 2.05) is 0 Å². The first-order valence-electron chi connectivity index (χ1n) is 0.881. The van der Waals surface area contributed by atoms with Crippen LogP contribution in [0.4, 0.5) is 0 Å². The van der Waals surface area contributed by atoms with E-state index >= 15 is 0 Å². The van der Waals surface area contributed by atoms with Crippen molar-refractivity contribution in [3.63, 3.8) is 0 Å². The summed E-state index contributed by atoms with van der Waals surface area (Å²) in [5, 5.41) is 0. The zero-order valence-electron chi connectivity index (χ0n) is 3.33. The molecule has 0 aromatic heterocycles. The summed E-state index contributed by atoms with van der Waals surface area (Å²) in [4.78, 5) is 7.25. The van der Waals surface area contributed by atoms with Crippen LogP contribution in [0.25, 0.3) is 5.59 Å². The van der Waals surface area contributed by atoms with E-state index in [4.69, 9.17) is 28.0 Å². The summed E-state index contributed by atoms with van der Waals surface area (Å²) in [5.41, 5.74) is 5.75. The molecular formula is H2FeNO5S-. The smallest absolute Gasteiger partial charge is 0.394 e. The number of rotatable bonds is 0. The number of nitroso groups, excluding NO2 is 1. The van der Waals surface area contributed by atoms with Crippen LogP contribution in [0.15, 0.2) is 0 Å². The zero-order valence-corrected chi connectivity index (χ0v) is 5.25. The van der Waals surface area contributed by atoms with Crippen LogP contribution in [0, 0.1) is 4.91 Å². The van der Waals surface area contributed by atoms with Crippen LogP contribution in [0.2, 0.25) is 0 Å². The van der Waals surface area contributed by atoms with Gasteiger partial charge in [0, 0.05) is 17.1 Å². The second-order valence-corrected chi connectivity index (χ2v) is 1.34. The minimum Gasteiger partial charge on any atom is -0.577 e. The second-order valence-electron chi connectivity index (χ2n) is 0.448. The summed E-state index contributed by atoms with van der Waals surface area (Å²) in [7, 11) is -4.67. The Hall–Kier alpha value is -0.0105. The van der Waals surface area contributed by atoms with Crippen molar-refractivity contribution < 1.29 is 34.6 Å². The maximum atomic E-state index is 8.74. The topological polar surface area (TPSA) is 114 Å². The fourth-order valence-electron chi connectivity index (χ4n) is 0. The Morgan fingerprint density at radius 3 is 1.12 bits per heavy atom. The van der Waals surface area contributed by atoms with Gasteiger partial charge in [0.15, 0.2) is 0 Å². The van der Waals surface area contributed by atoms with Gasteiger partial charge in [-0.1, -0.05) is 0 Å². The summed E-state index contributed by atoms with van der Waals surface area (Å²) in [6.07, 6.45) is 0. The van der Waals surface area contributed by atoms with Gasteiger partial charge in [-0.15, -0.1) is 0 Å². The van der Waals surface area contributed by atoms with Gasteiger partial charge in [-0.05, 0) is 0 Å². The predicted octanol–water partition coefficient (Wildman–Crippen LogP) is -0.333. The molecule has 0 aromatic carbocycles. The first-order valence-corrected chi connectivity index (χ1v) is 2.28. The molecule has 2 N–H and O–H groups in total. The molecule has 0 saturated carbocycles. The molecule has 0 aliphatic carbocycles. The van der Waals surface area contributed by atoms with E-state index in [0.717, 1.165) is 0 Å². The quantitative estimate of drug-likeness (QED) is 0.395. The third kappa shape index (κ3) is 1350000. The van der Waals surface area contributed by atoms with E-state index in [-0.39, 0.29) is 17.1 Å². The van der Waals surface area contributed by atoms with Crippen molar-refractivity contribution >= 4 is 10.4 Å². The minimum absolute atomic E-state index is 0. The molecule has 52 valence electrons. The fraction of sp³-hybridized carbons (Fsp3) is 0. The van der Waals surface area contributed by atoms with Crippen molar-refractivity contribution in [1.29, 1.82) is 0 Å². The maximum absolute atomic E-state index is 8.74. The Balaban J connectivity index is -0.0000000750. The second kappa shape index (κ2) is 6.99. The normalized spacial score (nSPS) is 7.75. The number of nitrogens with zero attached hydrogens (tertiary/aromatic N) is 1. The minimum atomic E-state index is -4.67. The van der Waals surface area contributed by atoms with Crippen molar-refractivity contribution in [1.82, 2.24) is 0 Å². The molecule has 0 rings (SSSR count). The average Bonchev–Trinajstić information content (AvgIpc) is 1.36. The van der Waals surface area contributed by atoms with E-state index in [1.165, 1.54) is 0 Å². The van der Waals surface area contributed by atoms with Crippen molar-refractivity contribution in [2.75, 3.05) is 0 Å². The SMILES string of the molecule is O=S(=O)(O)O.[Fe].[N-]=O. The van der Waals surface area contributed by atoms with E-state index in [9.17, 15) is 0 Å². The van der Waals surface area contributed by atoms with E-state index in [0.29, 0.717) is 0 Å². The van der Waals surface area contributed by atoms with Gasteiger partial charge < -0.3 is 10.5 Å². The summed E-state index contributed by atoms with van der Waals surface area (Å²) < 4.78 is 31.6. The molecule has 0 spiro atoms. The van der Waals surface area contributed by atoms with Crippen LogP contribution in [0.5, 0.6) is 0 Å². The standard InChI is InChI=1S/Fe.NO.H2O4S/c;1-2;1-5(2,3)4/h;;(H2,1,2,3,4)/q;-1;. The molecule has 0 aromatic rings. The van der Waals surface area contributed by atoms with E-state index < -0.39 is 10.4 Å². The Morgan fingerprint density at radius 2 is 1.12 bits per heavy atom. The Kier molecular flexibility index (Phi) is 13.7. The molecule has 0 bridgehead atoms.